The highest BCUT2D eigenvalue weighted by Crippen LogP contribution is 2.22. The molecule has 2 aromatic rings. The molecule has 1 atom stereocenters. The lowest BCUT2D eigenvalue weighted by molar-refractivity contribution is 0.0760. The Morgan fingerprint density at radius 3 is 2.95 bits per heavy atom. The number of aliphatic hydroxyl groups is 1. The highest BCUT2D eigenvalue weighted by Gasteiger charge is 2.26. The Balaban J connectivity index is 1.97. The summed E-state index contributed by atoms with van der Waals surface area (Å²) >= 11 is 0. The van der Waals surface area contributed by atoms with E-state index in [0.29, 0.717) is 30.7 Å². The van der Waals surface area contributed by atoms with Gasteiger partial charge in [-0.3, -0.25) is 4.79 Å². The van der Waals surface area contributed by atoms with E-state index in [2.05, 4.69) is 4.98 Å². The first-order valence-electron chi connectivity index (χ1n) is 6.31. The number of carbonyl (C=O) groups is 1. The van der Waals surface area contributed by atoms with Gasteiger partial charge in [0.15, 0.2) is 0 Å². The van der Waals surface area contributed by atoms with E-state index in [1.807, 2.05) is 6.92 Å². The quantitative estimate of drug-likeness (QED) is 0.823. The van der Waals surface area contributed by atoms with Crippen LogP contribution in [-0.2, 0) is 0 Å². The fourth-order valence-electron chi connectivity index (χ4n) is 2.59. The van der Waals surface area contributed by atoms with Crippen LogP contribution in [0.2, 0.25) is 0 Å². The standard InChI is InChI=1S/C14H15FN2O2/c1-8-4-9(15)5-12-11(8)6-13(16-12)14(19)17-3-2-10(18)7-17/h4-6,10,16,18H,2-3,7H2,1H3/t10-/m1/s1. The van der Waals surface area contributed by atoms with Crippen molar-refractivity contribution in [3.8, 4) is 0 Å². The summed E-state index contributed by atoms with van der Waals surface area (Å²) in [6.07, 6.45) is 0.173. The fraction of sp³-hybridized carbons (Fsp3) is 0.357. The minimum absolute atomic E-state index is 0.146. The monoisotopic (exact) mass is 262 g/mol. The summed E-state index contributed by atoms with van der Waals surface area (Å²) in [7, 11) is 0. The number of β-amino-alcohol motifs (C(OH)–C–C–N with tert-alkyl or cyclic N) is 1. The average molecular weight is 262 g/mol. The third-order valence-corrected chi connectivity index (χ3v) is 3.59. The van der Waals surface area contributed by atoms with Gasteiger partial charge in [0.1, 0.15) is 11.5 Å². The van der Waals surface area contributed by atoms with Crippen LogP contribution in [0.15, 0.2) is 18.2 Å². The third-order valence-electron chi connectivity index (χ3n) is 3.59. The Kier molecular flexibility index (Phi) is 2.78. The number of rotatable bonds is 1. The number of H-pyrrole nitrogens is 1. The number of amides is 1. The molecule has 1 aromatic heterocycles. The van der Waals surface area contributed by atoms with Crippen molar-refractivity contribution >= 4 is 16.8 Å². The Morgan fingerprint density at radius 1 is 1.47 bits per heavy atom. The van der Waals surface area contributed by atoms with Gasteiger partial charge in [-0.2, -0.15) is 0 Å². The van der Waals surface area contributed by atoms with Crippen molar-refractivity contribution in [2.45, 2.75) is 19.4 Å². The van der Waals surface area contributed by atoms with Gasteiger partial charge in [0.25, 0.3) is 5.91 Å². The van der Waals surface area contributed by atoms with Crippen molar-refractivity contribution < 1.29 is 14.3 Å². The van der Waals surface area contributed by atoms with Crippen LogP contribution in [-0.4, -0.2) is 40.1 Å². The predicted molar refractivity (Wildman–Crippen MR) is 69.5 cm³/mol. The van der Waals surface area contributed by atoms with E-state index in [1.165, 1.54) is 12.1 Å². The third kappa shape index (κ3) is 2.10. The number of aromatic amines is 1. The maximum atomic E-state index is 13.3. The van der Waals surface area contributed by atoms with Crippen molar-refractivity contribution in [1.82, 2.24) is 9.88 Å². The molecule has 5 heteroatoms. The second-order valence-electron chi connectivity index (χ2n) is 5.06. The molecule has 1 fully saturated rings. The Morgan fingerprint density at radius 2 is 2.26 bits per heavy atom. The molecule has 3 rings (SSSR count). The number of nitrogens with zero attached hydrogens (tertiary/aromatic N) is 1. The van der Waals surface area contributed by atoms with Crippen molar-refractivity contribution in [2.24, 2.45) is 0 Å². The second kappa shape index (κ2) is 4.35. The summed E-state index contributed by atoms with van der Waals surface area (Å²) in [5.41, 5.74) is 1.87. The van der Waals surface area contributed by atoms with Crippen LogP contribution in [0, 0.1) is 12.7 Å². The molecule has 0 saturated carbocycles. The van der Waals surface area contributed by atoms with Crippen LogP contribution >= 0.6 is 0 Å². The molecule has 4 nitrogen and oxygen atoms in total. The maximum Gasteiger partial charge on any atom is 0.270 e. The zero-order valence-corrected chi connectivity index (χ0v) is 10.6. The summed E-state index contributed by atoms with van der Waals surface area (Å²) in [5, 5.41) is 10.3. The number of hydrogen-bond acceptors (Lipinski definition) is 2. The van der Waals surface area contributed by atoms with Gasteiger partial charge in [-0.05, 0) is 37.1 Å². The van der Waals surface area contributed by atoms with Crippen molar-refractivity contribution in [2.75, 3.05) is 13.1 Å². The number of aliphatic hydroxyl groups excluding tert-OH is 1. The summed E-state index contributed by atoms with van der Waals surface area (Å²) < 4.78 is 13.3. The number of halogens is 1. The van der Waals surface area contributed by atoms with E-state index >= 15 is 0 Å². The lowest BCUT2D eigenvalue weighted by atomic mass is 10.1. The summed E-state index contributed by atoms with van der Waals surface area (Å²) in [6, 6.07) is 4.58. The lowest BCUT2D eigenvalue weighted by Gasteiger charge is -2.13. The van der Waals surface area contributed by atoms with Crippen LogP contribution in [0.25, 0.3) is 10.9 Å². The zero-order chi connectivity index (χ0) is 13.6. The molecule has 1 saturated heterocycles. The zero-order valence-electron chi connectivity index (χ0n) is 10.6. The number of hydrogen-bond donors (Lipinski definition) is 2. The average Bonchev–Trinajstić information content (AvgIpc) is 2.94. The molecule has 2 heterocycles. The van der Waals surface area contributed by atoms with Crippen LogP contribution in [0.4, 0.5) is 4.39 Å². The van der Waals surface area contributed by atoms with Gasteiger partial charge in [-0.25, -0.2) is 4.39 Å². The van der Waals surface area contributed by atoms with E-state index in [-0.39, 0.29) is 11.7 Å². The molecular formula is C14H15FN2O2. The van der Waals surface area contributed by atoms with E-state index in [4.69, 9.17) is 0 Å². The minimum atomic E-state index is -0.437. The van der Waals surface area contributed by atoms with Gasteiger partial charge in [0, 0.05) is 24.0 Å². The topological polar surface area (TPSA) is 56.3 Å². The fourth-order valence-corrected chi connectivity index (χ4v) is 2.59. The molecule has 1 aliphatic rings. The van der Waals surface area contributed by atoms with Gasteiger partial charge < -0.3 is 15.0 Å². The largest absolute Gasteiger partial charge is 0.391 e. The van der Waals surface area contributed by atoms with Crippen LogP contribution in [0.5, 0.6) is 0 Å². The predicted octanol–water partition coefficient (Wildman–Crippen LogP) is 1.82. The highest BCUT2D eigenvalue weighted by atomic mass is 19.1. The second-order valence-corrected chi connectivity index (χ2v) is 5.06. The first kappa shape index (κ1) is 12.2. The Bertz CT molecular complexity index is 650. The molecule has 2 N–H and O–H groups in total. The van der Waals surface area contributed by atoms with Gasteiger partial charge in [0.2, 0.25) is 0 Å². The van der Waals surface area contributed by atoms with Gasteiger partial charge >= 0.3 is 0 Å². The number of aryl methyl sites for hydroxylation is 1. The van der Waals surface area contributed by atoms with Gasteiger partial charge in [0.05, 0.1) is 6.10 Å². The van der Waals surface area contributed by atoms with E-state index < -0.39 is 6.10 Å². The summed E-state index contributed by atoms with van der Waals surface area (Å²) in [4.78, 5) is 16.8. The first-order chi connectivity index (χ1) is 9.04. The van der Waals surface area contributed by atoms with Crippen molar-refractivity contribution in [3.05, 3.63) is 35.3 Å². The van der Waals surface area contributed by atoms with E-state index in [9.17, 15) is 14.3 Å². The molecule has 0 radical (unpaired) electrons. The van der Waals surface area contributed by atoms with Crippen molar-refractivity contribution in [3.63, 3.8) is 0 Å². The smallest absolute Gasteiger partial charge is 0.270 e. The Labute approximate surface area is 109 Å². The maximum absolute atomic E-state index is 13.3. The van der Waals surface area contributed by atoms with E-state index in [0.717, 1.165) is 10.9 Å². The molecule has 1 aliphatic heterocycles. The summed E-state index contributed by atoms with van der Waals surface area (Å²) in [6.45, 7) is 2.73. The molecule has 100 valence electrons. The number of fused-ring (bicyclic) bond motifs is 1. The molecule has 0 unspecified atom stereocenters. The van der Waals surface area contributed by atoms with Crippen molar-refractivity contribution in [1.29, 1.82) is 0 Å². The molecule has 1 amide bonds. The number of aromatic nitrogens is 1. The molecule has 0 aliphatic carbocycles. The number of benzene rings is 1. The Hall–Kier alpha value is -1.88. The van der Waals surface area contributed by atoms with Crippen LogP contribution < -0.4 is 0 Å². The van der Waals surface area contributed by atoms with Crippen LogP contribution in [0.3, 0.4) is 0 Å². The SMILES string of the molecule is Cc1cc(F)cc2[nH]c(C(=O)N3CC[C@@H](O)C3)cc12. The van der Waals surface area contributed by atoms with Gasteiger partial charge in [-0.15, -0.1) is 0 Å². The van der Waals surface area contributed by atoms with E-state index in [1.54, 1.807) is 11.0 Å². The number of likely N-dealkylation sites (tertiary alicyclic amines) is 1. The lowest BCUT2D eigenvalue weighted by Crippen LogP contribution is -2.29. The number of carbonyl (C=O) groups excluding carboxylic acids is 1. The normalized spacial score (nSPS) is 19.3. The molecule has 19 heavy (non-hydrogen) atoms. The number of nitrogens with one attached hydrogen (secondary N) is 1. The molecule has 0 bridgehead atoms. The minimum Gasteiger partial charge on any atom is -0.391 e. The molecular weight excluding hydrogens is 247 g/mol. The van der Waals surface area contributed by atoms with Gasteiger partial charge in [-0.1, -0.05) is 0 Å². The van der Waals surface area contributed by atoms with Crippen LogP contribution in [0.1, 0.15) is 22.5 Å². The first-order valence-corrected chi connectivity index (χ1v) is 6.31. The summed E-state index contributed by atoms with van der Waals surface area (Å²) in [5.74, 6) is -0.463. The molecule has 1 aromatic carbocycles. The molecule has 0 spiro atoms. The highest BCUT2D eigenvalue weighted by molar-refractivity contribution is 5.99.